The van der Waals surface area contributed by atoms with E-state index in [1.165, 1.54) is 19.1 Å². The second-order valence-corrected chi connectivity index (χ2v) is 8.26. The molecule has 2 aromatic heterocycles. The number of rotatable bonds is 7. The summed E-state index contributed by atoms with van der Waals surface area (Å²) in [5.74, 6) is 3.08. The highest BCUT2D eigenvalue weighted by Crippen LogP contribution is 2.38. The molecule has 0 radical (unpaired) electrons. The van der Waals surface area contributed by atoms with Crippen molar-refractivity contribution in [1.82, 2.24) is 20.1 Å². The molecule has 0 spiro atoms. The van der Waals surface area contributed by atoms with Crippen molar-refractivity contribution < 1.29 is 18.7 Å². The Hall–Kier alpha value is -3.62. The number of nitrogens with one attached hydrogen (secondary N) is 2. The number of aromatic nitrogens is 3. The number of aromatic amines is 1. The molecule has 9 nitrogen and oxygen atoms in total. The summed E-state index contributed by atoms with van der Waals surface area (Å²) in [4.78, 5) is 31.2. The van der Waals surface area contributed by atoms with Gasteiger partial charge in [0.1, 0.15) is 11.6 Å². The van der Waals surface area contributed by atoms with E-state index in [2.05, 4.69) is 20.5 Å². The number of amides is 2. The van der Waals surface area contributed by atoms with Crippen molar-refractivity contribution in [2.24, 2.45) is 0 Å². The van der Waals surface area contributed by atoms with Crippen LogP contribution in [0.5, 0.6) is 5.75 Å². The number of hydrogen-bond acceptors (Lipinski definition) is 6. The molecule has 32 heavy (non-hydrogen) atoms. The maximum absolute atomic E-state index is 12.6. The van der Waals surface area contributed by atoms with Crippen LogP contribution in [-0.4, -0.2) is 51.6 Å². The first-order valence-electron chi connectivity index (χ1n) is 10.9. The van der Waals surface area contributed by atoms with Crippen LogP contribution < -0.4 is 10.1 Å². The van der Waals surface area contributed by atoms with Crippen molar-refractivity contribution in [2.45, 2.75) is 37.5 Å². The first kappa shape index (κ1) is 20.3. The summed E-state index contributed by atoms with van der Waals surface area (Å²) >= 11 is 0. The van der Waals surface area contributed by atoms with E-state index in [1.807, 2.05) is 4.90 Å². The van der Waals surface area contributed by atoms with Gasteiger partial charge in [-0.25, -0.2) is 4.98 Å². The fourth-order valence-corrected chi connectivity index (χ4v) is 3.90. The number of hydrogen-bond donors (Lipinski definition) is 2. The SMILES string of the molecule is O=C(Nc1cccc(OCC(=O)N2CCC(c3nc(C4CC4)n[nH]3)CC2)c1)c1ccco1. The quantitative estimate of drug-likeness (QED) is 0.589. The summed E-state index contributed by atoms with van der Waals surface area (Å²) in [7, 11) is 0. The maximum Gasteiger partial charge on any atom is 0.291 e. The molecule has 1 saturated heterocycles. The number of H-pyrrole nitrogens is 1. The van der Waals surface area contributed by atoms with Gasteiger partial charge >= 0.3 is 0 Å². The Morgan fingerprint density at radius 2 is 1.97 bits per heavy atom. The number of carbonyl (C=O) groups is 2. The predicted molar refractivity (Wildman–Crippen MR) is 116 cm³/mol. The summed E-state index contributed by atoms with van der Waals surface area (Å²) in [6.45, 7) is 1.30. The van der Waals surface area contributed by atoms with E-state index in [-0.39, 0.29) is 24.2 Å². The Bertz CT molecular complexity index is 1080. The third-order valence-electron chi connectivity index (χ3n) is 5.90. The van der Waals surface area contributed by atoms with E-state index < -0.39 is 0 Å². The van der Waals surface area contributed by atoms with E-state index in [9.17, 15) is 9.59 Å². The number of likely N-dealkylation sites (tertiary alicyclic amines) is 1. The number of anilines is 1. The molecule has 0 bridgehead atoms. The maximum atomic E-state index is 12.6. The molecule has 1 aliphatic carbocycles. The van der Waals surface area contributed by atoms with Gasteiger partial charge in [0.05, 0.1) is 6.26 Å². The van der Waals surface area contributed by atoms with E-state index in [4.69, 9.17) is 9.15 Å². The molecule has 1 aromatic carbocycles. The van der Waals surface area contributed by atoms with Crippen molar-refractivity contribution in [2.75, 3.05) is 25.0 Å². The number of ether oxygens (including phenoxy) is 1. The van der Waals surface area contributed by atoms with Crippen molar-refractivity contribution in [3.63, 3.8) is 0 Å². The second kappa shape index (κ2) is 8.86. The highest BCUT2D eigenvalue weighted by Gasteiger charge is 2.30. The fraction of sp³-hybridized carbons (Fsp3) is 0.391. The molecular formula is C23H25N5O4. The van der Waals surface area contributed by atoms with Gasteiger partial charge in [0.25, 0.3) is 11.8 Å². The van der Waals surface area contributed by atoms with E-state index >= 15 is 0 Å². The third kappa shape index (κ3) is 4.66. The van der Waals surface area contributed by atoms with Gasteiger partial charge in [-0.3, -0.25) is 14.7 Å². The van der Waals surface area contributed by atoms with Crippen LogP contribution in [0.1, 0.15) is 59.7 Å². The average Bonchev–Trinajstić information content (AvgIpc) is 3.30. The topological polar surface area (TPSA) is 113 Å². The van der Waals surface area contributed by atoms with Gasteiger partial charge in [-0.15, -0.1) is 0 Å². The minimum absolute atomic E-state index is 0.0472. The lowest BCUT2D eigenvalue weighted by Gasteiger charge is -2.31. The lowest BCUT2D eigenvalue weighted by Crippen LogP contribution is -2.40. The van der Waals surface area contributed by atoms with Crippen LogP contribution in [0.2, 0.25) is 0 Å². The predicted octanol–water partition coefficient (Wildman–Crippen LogP) is 3.31. The number of carbonyl (C=O) groups excluding carboxylic acids is 2. The van der Waals surface area contributed by atoms with Gasteiger partial charge in [0.2, 0.25) is 0 Å². The molecule has 5 rings (SSSR count). The highest BCUT2D eigenvalue weighted by molar-refractivity contribution is 6.02. The Balaban J connectivity index is 1.10. The average molecular weight is 435 g/mol. The van der Waals surface area contributed by atoms with Gasteiger partial charge in [-0.2, -0.15) is 5.10 Å². The zero-order chi connectivity index (χ0) is 21.9. The zero-order valence-electron chi connectivity index (χ0n) is 17.6. The highest BCUT2D eigenvalue weighted by atomic mass is 16.5. The molecular weight excluding hydrogens is 410 g/mol. The standard InChI is InChI=1S/C23H25N5O4/c29-20(28-10-8-16(9-11-28)22-25-21(26-27-22)15-6-7-15)14-32-18-4-1-3-17(13-18)24-23(30)19-5-2-12-31-19/h1-5,12-13,15-16H,6-11,14H2,(H,24,30)(H,25,26,27). The third-order valence-corrected chi connectivity index (χ3v) is 5.90. The van der Waals surface area contributed by atoms with Gasteiger partial charge < -0.3 is 19.4 Å². The van der Waals surface area contributed by atoms with Crippen LogP contribution in [0.4, 0.5) is 5.69 Å². The molecule has 3 aromatic rings. The first-order chi connectivity index (χ1) is 15.7. The number of piperidine rings is 1. The van der Waals surface area contributed by atoms with Crippen LogP contribution in [0.15, 0.2) is 47.1 Å². The van der Waals surface area contributed by atoms with Crippen molar-refractivity contribution in [3.05, 3.63) is 60.1 Å². The minimum atomic E-state index is -0.345. The monoisotopic (exact) mass is 435 g/mol. The lowest BCUT2D eigenvalue weighted by atomic mass is 9.96. The van der Waals surface area contributed by atoms with Crippen LogP contribution in [0.25, 0.3) is 0 Å². The number of nitrogens with zero attached hydrogens (tertiary/aromatic N) is 3. The normalized spacial score (nSPS) is 16.7. The van der Waals surface area contributed by atoms with Gasteiger partial charge in [0, 0.05) is 36.7 Å². The lowest BCUT2D eigenvalue weighted by molar-refractivity contribution is -0.134. The molecule has 0 unspecified atom stereocenters. The van der Waals surface area contributed by atoms with Crippen LogP contribution in [-0.2, 0) is 4.79 Å². The van der Waals surface area contributed by atoms with Crippen LogP contribution in [0.3, 0.4) is 0 Å². The molecule has 0 atom stereocenters. The van der Waals surface area contributed by atoms with E-state index in [0.717, 1.165) is 24.5 Å². The minimum Gasteiger partial charge on any atom is -0.484 e. The summed E-state index contributed by atoms with van der Waals surface area (Å²) in [6.07, 6.45) is 5.53. The Morgan fingerprint density at radius 3 is 2.72 bits per heavy atom. The molecule has 2 fully saturated rings. The fourth-order valence-electron chi connectivity index (χ4n) is 3.90. The van der Waals surface area contributed by atoms with E-state index in [0.29, 0.717) is 36.4 Å². The van der Waals surface area contributed by atoms with Crippen LogP contribution in [0, 0.1) is 0 Å². The smallest absolute Gasteiger partial charge is 0.291 e. The van der Waals surface area contributed by atoms with Gasteiger partial charge in [-0.1, -0.05) is 6.07 Å². The molecule has 2 N–H and O–H groups in total. The van der Waals surface area contributed by atoms with Gasteiger partial charge in [0.15, 0.2) is 18.2 Å². The summed E-state index contributed by atoms with van der Waals surface area (Å²) < 4.78 is 10.8. The number of furan rings is 1. The summed E-state index contributed by atoms with van der Waals surface area (Å²) in [6, 6.07) is 10.2. The second-order valence-electron chi connectivity index (χ2n) is 8.26. The molecule has 1 aliphatic heterocycles. The molecule has 166 valence electrons. The molecule has 9 heteroatoms. The summed E-state index contributed by atoms with van der Waals surface area (Å²) in [5.41, 5.74) is 0.565. The molecule has 2 aliphatic rings. The Labute approximate surface area is 185 Å². The molecule has 2 amide bonds. The van der Waals surface area contributed by atoms with Crippen LogP contribution >= 0.6 is 0 Å². The first-order valence-corrected chi connectivity index (χ1v) is 10.9. The zero-order valence-corrected chi connectivity index (χ0v) is 17.6. The number of benzene rings is 1. The Morgan fingerprint density at radius 1 is 1.12 bits per heavy atom. The molecule has 1 saturated carbocycles. The van der Waals surface area contributed by atoms with Crippen molar-refractivity contribution >= 4 is 17.5 Å². The summed E-state index contributed by atoms with van der Waals surface area (Å²) in [5, 5.41) is 10.2. The van der Waals surface area contributed by atoms with Crippen molar-refractivity contribution in [1.29, 1.82) is 0 Å². The van der Waals surface area contributed by atoms with Gasteiger partial charge in [-0.05, 0) is 49.9 Å². The molecule has 3 heterocycles. The van der Waals surface area contributed by atoms with E-state index in [1.54, 1.807) is 36.4 Å². The van der Waals surface area contributed by atoms with Crippen molar-refractivity contribution in [3.8, 4) is 5.75 Å². The largest absolute Gasteiger partial charge is 0.484 e. The Kier molecular flexibility index (Phi) is 5.62.